The van der Waals surface area contributed by atoms with Gasteiger partial charge in [-0.15, -0.1) is 0 Å². The fourth-order valence-electron chi connectivity index (χ4n) is 3.89. The number of aryl methyl sites for hydroxylation is 2. The lowest BCUT2D eigenvalue weighted by atomic mass is 9.93. The Balaban J connectivity index is 1.39. The minimum absolute atomic E-state index is 0.0452. The van der Waals surface area contributed by atoms with Crippen molar-refractivity contribution in [3.05, 3.63) is 47.5 Å². The molecule has 4 heterocycles. The number of nitrogens with one attached hydrogen (secondary N) is 1. The predicted molar refractivity (Wildman–Crippen MR) is 93.5 cm³/mol. The number of nitrogens with zero attached hydrogens (tertiary/aromatic N) is 2. The number of likely N-dealkylation sites (tertiary alicyclic amines) is 1. The maximum atomic E-state index is 12.8. The molecule has 6 nitrogen and oxygen atoms in total. The maximum Gasteiger partial charge on any atom is 0.257 e. The molecule has 2 saturated heterocycles. The van der Waals surface area contributed by atoms with E-state index in [1.54, 1.807) is 6.20 Å². The van der Waals surface area contributed by atoms with Gasteiger partial charge in [-0.1, -0.05) is 6.07 Å². The average Bonchev–Trinajstić information content (AvgIpc) is 3.27. The Labute approximate surface area is 147 Å². The number of rotatable bonds is 4. The van der Waals surface area contributed by atoms with Crippen molar-refractivity contribution in [3.63, 3.8) is 0 Å². The van der Waals surface area contributed by atoms with Crippen molar-refractivity contribution in [2.75, 3.05) is 31.6 Å². The summed E-state index contributed by atoms with van der Waals surface area (Å²) in [5, 5.41) is 3.38. The van der Waals surface area contributed by atoms with Crippen molar-refractivity contribution in [1.29, 1.82) is 0 Å². The molecule has 0 bridgehead atoms. The standard InChI is InChI=1S/C19H23N3O3/c1-12-7-15(13(2)25-12)19(23)22-9-16-14(11-24-17(16)10-22)8-21-18-5-3-4-6-20-18/h3-7,14,16-17H,8-11H2,1-2H3,(H,20,21)/t14-,16+,17+/m1/s1. The third kappa shape index (κ3) is 3.14. The molecule has 0 radical (unpaired) electrons. The summed E-state index contributed by atoms with van der Waals surface area (Å²) in [6.45, 7) is 6.65. The van der Waals surface area contributed by atoms with Gasteiger partial charge < -0.3 is 19.4 Å². The molecule has 2 aliphatic heterocycles. The lowest BCUT2D eigenvalue weighted by molar-refractivity contribution is 0.0679. The van der Waals surface area contributed by atoms with Crippen LogP contribution >= 0.6 is 0 Å². The van der Waals surface area contributed by atoms with Crippen molar-refractivity contribution in [2.45, 2.75) is 20.0 Å². The predicted octanol–water partition coefficient (Wildman–Crippen LogP) is 2.49. The molecule has 3 atom stereocenters. The Kier molecular flexibility index (Phi) is 4.21. The first kappa shape index (κ1) is 16.1. The normalized spacial score (nSPS) is 25.2. The van der Waals surface area contributed by atoms with Gasteiger partial charge >= 0.3 is 0 Å². The number of hydrogen-bond acceptors (Lipinski definition) is 5. The van der Waals surface area contributed by atoms with E-state index in [0.29, 0.717) is 29.7 Å². The molecule has 2 aliphatic rings. The summed E-state index contributed by atoms with van der Waals surface area (Å²) in [5.74, 6) is 3.14. The molecule has 0 unspecified atom stereocenters. The second-order valence-electron chi connectivity index (χ2n) is 6.93. The molecule has 2 aromatic rings. The first-order valence-corrected chi connectivity index (χ1v) is 8.74. The Morgan fingerprint density at radius 3 is 2.96 bits per heavy atom. The van der Waals surface area contributed by atoms with Gasteiger partial charge in [0.25, 0.3) is 5.91 Å². The summed E-state index contributed by atoms with van der Waals surface area (Å²) >= 11 is 0. The molecular weight excluding hydrogens is 318 g/mol. The fourth-order valence-corrected chi connectivity index (χ4v) is 3.89. The number of hydrogen-bond donors (Lipinski definition) is 1. The van der Waals surface area contributed by atoms with E-state index in [-0.39, 0.29) is 12.0 Å². The van der Waals surface area contributed by atoms with Crippen LogP contribution in [-0.2, 0) is 4.74 Å². The topological polar surface area (TPSA) is 67.6 Å². The van der Waals surface area contributed by atoms with E-state index in [0.717, 1.165) is 31.3 Å². The Morgan fingerprint density at radius 2 is 2.24 bits per heavy atom. The molecular formula is C19H23N3O3. The summed E-state index contributed by atoms with van der Waals surface area (Å²) in [5.41, 5.74) is 0.667. The van der Waals surface area contributed by atoms with Crippen molar-refractivity contribution < 1.29 is 13.9 Å². The second-order valence-corrected chi connectivity index (χ2v) is 6.93. The number of furan rings is 1. The van der Waals surface area contributed by atoms with Crippen molar-refractivity contribution in [3.8, 4) is 0 Å². The van der Waals surface area contributed by atoms with E-state index in [9.17, 15) is 4.79 Å². The largest absolute Gasteiger partial charge is 0.466 e. The number of pyridine rings is 1. The van der Waals surface area contributed by atoms with Gasteiger partial charge in [0.2, 0.25) is 0 Å². The van der Waals surface area contributed by atoms with Gasteiger partial charge in [-0.2, -0.15) is 0 Å². The number of amides is 1. The van der Waals surface area contributed by atoms with Crippen molar-refractivity contribution in [1.82, 2.24) is 9.88 Å². The molecule has 0 aliphatic carbocycles. The van der Waals surface area contributed by atoms with Crippen LogP contribution in [0.4, 0.5) is 5.82 Å². The van der Waals surface area contributed by atoms with Gasteiger partial charge in [0.1, 0.15) is 17.3 Å². The average molecular weight is 341 g/mol. The smallest absolute Gasteiger partial charge is 0.257 e. The van der Waals surface area contributed by atoms with Gasteiger partial charge in [0.15, 0.2) is 0 Å². The summed E-state index contributed by atoms with van der Waals surface area (Å²) in [6, 6.07) is 7.66. The number of aromatic nitrogens is 1. The highest BCUT2D eigenvalue weighted by atomic mass is 16.5. The van der Waals surface area contributed by atoms with Crippen molar-refractivity contribution in [2.24, 2.45) is 11.8 Å². The van der Waals surface area contributed by atoms with E-state index in [1.165, 1.54) is 0 Å². The first-order chi connectivity index (χ1) is 12.1. The van der Waals surface area contributed by atoms with Crippen LogP contribution in [-0.4, -0.2) is 48.1 Å². The van der Waals surface area contributed by atoms with Crippen LogP contribution in [0.25, 0.3) is 0 Å². The van der Waals surface area contributed by atoms with E-state index >= 15 is 0 Å². The minimum Gasteiger partial charge on any atom is -0.466 e. The molecule has 2 aromatic heterocycles. The number of carbonyl (C=O) groups is 1. The summed E-state index contributed by atoms with van der Waals surface area (Å²) in [6.07, 6.45) is 1.91. The van der Waals surface area contributed by atoms with E-state index in [1.807, 2.05) is 43.0 Å². The van der Waals surface area contributed by atoms with Crippen LogP contribution in [0.1, 0.15) is 21.9 Å². The highest BCUT2D eigenvalue weighted by Gasteiger charge is 2.45. The molecule has 25 heavy (non-hydrogen) atoms. The lowest BCUT2D eigenvalue weighted by Gasteiger charge is -2.20. The summed E-state index contributed by atoms with van der Waals surface area (Å²) in [7, 11) is 0. The third-order valence-corrected chi connectivity index (χ3v) is 5.21. The third-order valence-electron chi connectivity index (χ3n) is 5.21. The molecule has 1 amide bonds. The summed E-state index contributed by atoms with van der Waals surface area (Å²) < 4.78 is 11.5. The minimum atomic E-state index is 0.0452. The quantitative estimate of drug-likeness (QED) is 0.925. The second kappa shape index (κ2) is 6.52. The van der Waals surface area contributed by atoms with E-state index < -0.39 is 0 Å². The van der Waals surface area contributed by atoms with Crippen LogP contribution in [0.3, 0.4) is 0 Å². The first-order valence-electron chi connectivity index (χ1n) is 8.74. The van der Waals surface area contributed by atoms with Crippen LogP contribution in [0.5, 0.6) is 0 Å². The van der Waals surface area contributed by atoms with Gasteiger partial charge in [0.05, 0.1) is 18.3 Å². The molecule has 132 valence electrons. The molecule has 1 N–H and O–H groups in total. The van der Waals surface area contributed by atoms with Crippen molar-refractivity contribution >= 4 is 11.7 Å². The molecule has 0 aromatic carbocycles. The molecule has 6 heteroatoms. The summed E-state index contributed by atoms with van der Waals surface area (Å²) in [4.78, 5) is 19.0. The van der Waals surface area contributed by atoms with Crippen LogP contribution in [0.2, 0.25) is 0 Å². The van der Waals surface area contributed by atoms with Crippen LogP contribution in [0.15, 0.2) is 34.9 Å². The fraction of sp³-hybridized carbons (Fsp3) is 0.474. The monoisotopic (exact) mass is 341 g/mol. The Bertz CT molecular complexity index is 759. The lowest BCUT2D eigenvalue weighted by Crippen LogP contribution is -2.32. The molecule has 2 fully saturated rings. The molecule has 0 saturated carbocycles. The zero-order valence-electron chi connectivity index (χ0n) is 14.6. The van der Waals surface area contributed by atoms with Gasteiger partial charge in [-0.25, -0.2) is 4.98 Å². The van der Waals surface area contributed by atoms with E-state index in [4.69, 9.17) is 9.15 Å². The number of carbonyl (C=O) groups excluding carboxylic acids is 1. The van der Waals surface area contributed by atoms with Gasteiger partial charge in [0, 0.05) is 37.7 Å². The number of anilines is 1. The highest BCUT2D eigenvalue weighted by molar-refractivity contribution is 5.95. The van der Waals surface area contributed by atoms with E-state index in [2.05, 4.69) is 10.3 Å². The number of ether oxygens (including phenoxy) is 1. The van der Waals surface area contributed by atoms with Crippen LogP contribution in [0, 0.1) is 25.7 Å². The van der Waals surface area contributed by atoms with Gasteiger partial charge in [-0.05, 0) is 32.0 Å². The molecule has 4 rings (SSSR count). The Morgan fingerprint density at radius 1 is 1.36 bits per heavy atom. The SMILES string of the molecule is Cc1cc(C(=O)N2C[C@H]3[C@H](CNc4ccccn4)CO[C@H]3C2)c(C)o1. The maximum absolute atomic E-state index is 12.8. The van der Waals surface area contributed by atoms with Crippen LogP contribution < -0.4 is 5.32 Å². The zero-order valence-corrected chi connectivity index (χ0v) is 14.6. The highest BCUT2D eigenvalue weighted by Crippen LogP contribution is 2.34. The van der Waals surface area contributed by atoms with Gasteiger partial charge in [-0.3, -0.25) is 4.79 Å². The Hall–Kier alpha value is -2.34. The molecule has 0 spiro atoms. The zero-order chi connectivity index (χ0) is 17.4. The number of fused-ring (bicyclic) bond motifs is 1.